The summed E-state index contributed by atoms with van der Waals surface area (Å²) in [6.07, 6.45) is 1.79. The van der Waals surface area contributed by atoms with E-state index in [9.17, 15) is 15.0 Å². The van der Waals surface area contributed by atoms with E-state index in [4.69, 9.17) is 4.84 Å². The van der Waals surface area contributed by atoms with Crippen molar-refractivity contribution in [2.75, 3.05) is 40.3 Å². The predicted octanol–water partition coefficient (Wildman–Crippen LogP) is 3.95. The molecule has 8 atom stereocenters. The maximum atomic E-state index is 14.0. The molecule has 3 N–H and O–H groups in total. The number of aliphatic hydroxyl groups excluding tert-OH is 2. The van der Waals surface area contributed by atoms with Gasteiger partial charge in [-0.2, -0.15) is 5.06 Å². The maximum absolute atomic E-state index is 14.0. The number of carbonyl (C=O) groups is 1. The third-order valence-electron chi connectivity index (χ3n) is 11.2. The molecule has 2 aromatic rings. The Labute approximate surface area is 270 Å². The molecule has 8 nitrogen and oxygen atoms in total. The van der Waals surface area contributed by atoms with Crippen LogP contribution in [-0.2, 0) is 29.1 Å². The van der Waals surface area contributed by atoms with Crippen LogP contribution in [0.1, 0.15) is 57.2 Å². The van der Waals surface area contributed by atoms with Gasteiger partial charge in [-0.15, -0.1) is 0 Å². The van der Waals surface area contributed by atoms with Gasteiger partial charge < -0.3 is 20.4 Å². The number of carbonyl (C=O) groups excluding carboxylic acids is 1. The third-order valence-corrected chi connectivity index (χ3v) is 11.2. The number of hydrogen-bond acceptors (Lipinski definition) is 7. The Balaban J connectivity index is 1.28. The van der Waals surface area contributed by atoms with E-state index < -0.39 is 24.2 Å². The molecule has 6 rings (SSSR count). The molecule has 248 valence electrons. The molecule has 3 saturated carbocycles. The van der Waals surface area contributed by atoms with Gasteiger partial charge in [0.25, 0.3) is 0 Å². The van der Waals surface area contributed by atoms with Crippen molar-refractivity contribution in [2.45, 2.75) is 84.3 Å². The van der Waals surface area contributed by atoms with Crippen LogP contribution in [0.3, 0.4) is 0 Å². The number of aliphatic hydroxyl groups is 2. The van der Waals surface area contributed by atoms with E-state index in [-0.39, 0.29) is 18.6 Å². The minimum atomic E-state index is -0.805. The van der Waals surface area contributed by atoms with Gasteiger partial charge in [-0.1, -0.05) is 75.4 Å². The number of likely N-dealkylation sites (N-methyl/N-ethyl adjacent to an activating group) is 1. The SMILES string of the molecule is C[C@@H]1[C@@H](NC(=O)[C@@H]2[C@H]([C@H](C)O)[C@H](CO)ON2Cc2cccc(CN(CCc3ccccc3)CCN(C)C)c2)C[C@H]2C[C@@H]1C2(C)C. The van der Waals surface area contributed by atoms with Crippen molar-refractivity contribution < 1.29 is 19.8 Å². The lowest BCUT2D eigenvalue weighted by molar-refractivity contribution is -0.183. The van der Waals surface area contributed by atoms with Crippen LogP contribution in [0.5, 0.6) is 0 Å². The summed E-state index contributed by atoms with van der Waals surface area (Å²) in [4.78, 5) is 24.9. The van der Waals surface area contributed by atoms with E-state index >= 15 is 0 Å². The fraction of sp³-hybridized carbons (Fsp3) is 0.649. The van der Waals surface area contributed by atoms with Crippen LogP contribution in [0, 0.1) is 29.1 Å². The lowest BCUT2D eigenvalue weighted by Crippen LogP contribution is -2.62. The molecule has 3 aliphatic carbocycles. The molecule has 4 fully saturated rings. The zero-order valence-electron chi connectivity index (χ0n) is 28.2. The summed E-state index contributed by atoms with van der Waals surface area (Å²) in [5.74, 6) is 1.01. The molecule has 2 bridgehead atoms. The van der Waals surface area contributed by atoms with Crippen molar-refractivity contribution in [3.05, 3.63) is 71.3 Å². The van der Waals surface area contributed by atoms with Crippen LogP contribution in [0.2, 0.25) is 0 Å². The van der Waals surface area contributed by atoms with E-state index in [0.29, 0.717) is 29.7 Å². The molecular weight excluding hydrogens is 564 g/mol. The molecule has 4 aliphatic rings. The van der Waals surface area contributed by atoms with E-state index in [1.54, 1.807) is 12.0 Å². The quantitative estimate of drug-likeness (QED) is 0.295. The van der Waals surface area contributed by atoms with Gasteiger partial charge >= 0.3 is 0 Å². The topological polar surface area (TPSA) is 88.5 Å². The van der Waals surface area contributed by atoms with Crippen LogP contribution in [0.4, 0.5) is 0 Å². The summed E-state index contributed by atoms with van der Waals surface area (Å²) in [6.45, 7) is 12.6. The fourth-order valence-electron chi connectivity index (χ4n) is 8.29. The first-order valence-corrected chi connectivity index (χ1v) is 17.0. The normalized spacial score (nSPS) is 30.0. The zero-order valence-corrected chi connectivity index (χ0v) is 28.2. The molecule has 0 aromatic heterocycles. The van der Waals surface area contributed by atoms with Crippen molar-refractivity contribution in [3.63, 3.8) is 0 Å². The van der Waals surface area contributed by atoms with Crippen molar-refractivity contribution in [2.24, 2.45) is 29.1 Å². The van der Waals surface area contributed by atoms with Crippen LogP contribution < -0.4 is 5.32 Å². The highest BCUT2D eigenvalue weighted by Crippen LogP contribution is 2.61. The minimum Gasteiger partial charge on any atom is -0.394 e. The average molecular weight is 621 g/mol. The van der Waals surface area contributed by atoms with Crippen LogP contribution in [0.25, 0.3) is 0 Å². The number of amides is 1. The van der Waals surface area contributed by atoms with Gasteiger partial charge in [0.15, 0.2) is 0 Å². The van der Waals surface area contributed by atoms with Crippen molar-refractivity contribution >= 4 is 5.91 Å². The molecule has 1 saturated heterocycles. The Hall–Kier alpha value is -2.33. The number of hydrogen-bond donors (Lipinski definition) is 3. The molecule has 1 heterocycles. The number of nitrogens with zero attached hydrogens (tertiary/aromatic N) is 3. The highest BCUT2D eigenvalue weighted by molar-refractivity contribution is 5.82. The van der Waals surface area contributed by atoms with Gasteiger partial charge in [-0.3, -0.25) is 14.5 Å². The van der Waals surface area contributed by atoms with Crippen molar-refractivity contribution in [1.29, 1.82) is 0 Å². The Kier molecular flexibility index (Phi) is 11.0. The van der Waals surface area contributed by atoms with Gasteiger partial charge in [-0.25, -0.2) is 0 Å². The molecule has 0 radical (unpaired) electrons. The molecule has 1 amide bonds. The summed E-state index contributed by atoms with van der Waals surface area (Å²) in [6, 6.07) is 18.6. The Bertz CT molecular complexity index is 1250. The minimum absolute atomic E-state index is 0.111. The zero-order chi connectivity index (χ0) is 32.3. The van der Waals surface area contributed by atoms with Gasteiger partial charge in [0.2, 0.25) is 5.91 Å². The van der Waals surface area contributed by atoms with Crippen LogP contribution in [0.15, 0.2) is 54.6 Å². The van der Waals surface area contributed by atoms with Crippen LogP contribution >= 0.6 is 0 Å². The molecule has 2 aromatic carbocycles. The van der Waals surface area contributed by atoms with Crippen LogP contribution in [-0.4, -0.2) is 95.6 Å². The average Bonchev–Trinajstić information content (AvgIpc) is 3.38. The largest absolute Gasteiger partial charge is 0.394 e. The number of benzene rings is 2. The summed E-state index contributed by atoms with van der Waals surface area (Å²) in [7, 11) is 4.22. The number of fused-ring (bicyclic) bond motifs is 2. The van der Waals surface area contributed by atoms with Gasteiger partial charge in [0, 0.05) is 38.1 Å². The summed E-state index contributed by atoms with van der Waals surface area (Å²) < 4.78 is 0. The van der Waals surface area contributed by atoms with Gasteiger partial charge in [0.1, 0.15) is 12.1 Å². The number of nitrogens with one attached hydrogen (secondary N) is 1. The number of rotatable bonds is 14. The maximum Gasteiger partial charge on any atom is 0.240 e. The molecular formula is C37H56N4O4. The summed E-state index contributed by atoms with van der Waals surface area (Å²) in [5.41, 5.74) is 3.93. The molecule has 8 heteroatoms. The second kappa shape index (κ2) is 14.6. The first-order chi connectivity index (χ1) is 21.5. The Morgan fingerprint density at radius 2 is 1.76 bits per heavy atom. The fourth-order valence-corrected chi connectivity index (χ4v) is 8.29. The Morgan fingerprint density at radius 1 is 1.04 bits per heavy atom. The lowest BCUT2D eigenvalue weighted by atomic mass is 9.45. The standard InChI is InChI=1S/C37H56N4O4/c1-25-31-20-30(37(31,3)4)21-32(25)38-36(44)35-34(26(2)43)33(24-42)45-41(35)23-29-14-10-13-28(19-29)22-40(18-17-39(5)6)16-15-27-11-8-7-9-12-27/h7-14,19,25-26,30-35,42-43H,15-18,20-24H2,1-6H3,(H,38,44)/t25-,26-,30+,31-,32-,33-,34+,35-/m0/s1. The second-order valence-corrected chi connectivity index (χ2v) is 14.9. The van der Waals surface area contributed by atoms with Gasteiger partial charge in [-0.05, 0) is 80.1 Å². The number of hydroxylamine groups is 2. The van der Waals surface area contributed by atoms with Crippen molar-refractivity contribution in [1.82, 2.24) is 20.2 Å². The lowest BCUT2D eigenvalue weighted by Gasteiger charge is -2.62. The first-order valence-electron chi connectivity index (χ1n) is 17.0. The third kappa shape index (κ3) is 7.80. The summed E-state index contributed by atoms with van der Waals surface area (Å²) >= 11 is 0. The molecule has 1 aliphatic heterocycles. The predicted molar refractivity (Wildman–Crippen MR) is 178 cm³/mol. The van der Waals surface area contributed by atoms with E-state index in [1.165, 1.54) is 17.5 Å². The summed E-state index contributed by atoms with van der Waals surface area (Å²) in [5, 5.41) is 26.1. The second-order valence-electron chi connectivity index (χ2n) is 14.9. The molecule has 0 unspecified atom stereocenters. The van der Waals surface area contributed by atoms with E-state index in [2.05, 4.69) is 105 Å². The molecule has 45 heavy (non-hydrogen) atoms. The first kappa shape index (κ1) is 34.0. The van der Waals surface area contributed by atoms with Gasteiger partial charge in [0.05, 0.1) is 19.3 Å². The Morgan fingerprint density at radius 3 is 2.40 bits per heavy atom. The van der Waals surface area contributed by atoms with E-state index in [1.807, 2.05) is 0 Å². The monoisotopic (exact) mass is 620 g/mol. The highest BCUT2D eigenvalue weighted by atomic mass is 16.7. The highest BCUT2D eigenvalue weighted by Gasteiger charge is 2.57. The van der Waals surface area contributed by atoms with Crippen molar-refractivity contribution in [3.8, 4) is 0 Å². The smallest absolute Gasteiger partial charge is 0.240 e. The molecule has 0 spiro atoms. The van der Waals surface area contributed by atoms with E-state index in [0.717, 1.165) is 44.6 Å².